The van der Waals surface area contributed by atoms with Gasteiger partial charge in [-0.3, -0.25) is 0 Å². The molecule has 0 aromatic rings. The lowest BCUT2D eigenvalue weighted by atomic mass is 10.1. The lowest BCUT2D eigenvalue weighted by Gasteiger charge is -2.16. The van der Waals surface area contributed by atoms with Crippen molar-refractivity contribution in [3.63, 3.8) is 0 Å². The minimum absolute atomic E-state index is 0.132. The summed E-state index contributed by atoms with van der Waals surface area (Å²) in [6.45, 7) is 0. The summed E-state index contributed by atoms with van der Waals surface area (Å²) in [5, 5.41) is 0. The Balaban J connectivity index is 2.73. The van der Waals surface area contributed by atoms with Crippen molar-refractivity contribution in [1.29, 1.82) is 0 Å². The maximum atomic E-state index is 11.6. The third-order valence-electron chi connectivity index (χ3n) is 1.26. The number of hydrogen-bond donors (Lipinski definition) is 0. The molecule has 3 nitrogen and oxygen atoms in total. The fraction of sp³-hybridized carbons (Fsp3) is 0.600. The predicted octanol–water partition coefficient (Wildman–Crippen LogP) is 1.53. The molecule has 0 unspecified atom stereocenters. The molecular formula is C5H5F3O3S. The summed E-state index contributed by atoms with van der Waals surface area (Å²) in [5.74, 6) is -0.132. The van der Waals surface area contributed by atoms with Crippen molar-refractivity contribution in [2.24, 2.45) is 0 Å². The van der Waals surface area contributed by atoms with E-state index in [1.807, 2.05) is 0 Å². The van der Waals surface area contributed by atoms with Gasteiger partial charge in [0.05, 0.1) is 0 Å². The van der Waals surface area contributed by atoms with Gasteiger partial charge < -0.3 is 4.18 Å². The van der Waals surface area contributed by atoms with Gasteiger partial charge in [-0.1, -0.05) is 0 Å². The van der Waals surface area contributed by atoms with E-state index in [2.05, 4.69) is 4.18 Å². The van der Waals surface area contributed by atoms with Gasteiger partial charge in [0.2, 0.25) is 0 Å². The van der Waals surface area contributed by atoms with Crippen molar-refractivity contribution >= 4 is 10.1 Å². The maximum Gasteiger partial charge on any atom is 0.534 e. The Kier molecular flexibility index (Phi) is 2.07. The summed E-state index contributed by atoms with van der Waals surface area (Å²) < 4.78 is 59.1. The molecule has 12 heavy (non-hydrogen) atoms. The van der Waals surface area contributed by atoms with Crippen LogP contribution in [0.5, 0.6) is 0 Å². The molecule has 0 aromatic heterocycles. The van der Waals surface area contributed by atoms with Crippen LogP contribution in [0.25, 0.3) is 0 Å². The van der Waals surface area contributed by atoms with E-state index in [1.54, 1.807) is 0 Å². The third kappa shape index (κ3) is 1.71. The van der Waals surface area contributed by atoms with Crippen LogP contribution in [0, 0.1) is 0 Å². The van der Waals surface area contributed by atoms with Gasteiger partial charge >= 0.3 is 15.6 Å². The molecule has 0 spiro atoms. The maximum absolute atomic E-state index is 11.6. The van der Waals surface area contributed by atoms with Crippen LogP contribution >= 0.6 is 0 Å². The molecule has 0 amide bonds. The molecule has 0 radical (unpaired) electrons. The molecule has 0 aromatic carbocycles. The Morgan fingerprint density at radius 3 is 2.17 bits per heavy atom. The summed E-state index contributed by atoms with van der Waals surface area (Å²) in [7, 11) is -5.43. The summed E-state index contributed by atoms with van der Waals surface area (Å²) >= 11 is 0. The number of halogens is 3. The van der Waals surface area contributed by atoms with Crippen molar-refractivity contribution in [2.45, 2.75) is 18.3 Å². The van der Waals surface area contributed by atoms with Crippen molar-refractivity contribution in [3.8, 4) is 0 Å². The molecular weight excluding hydrogens is 197 g/mol. The van der Waals surface area contributed by atoms with E-state index in [1.165, 1.54) is 6.08 Å². The van der Waals surface area contributed by atoms with Gasteiger partial charge in [-0.2, -0.15) is 21.6 Å². The highest BCUT2D eigenvalue weighted by molar-refractivity contribution is 7.87. The Morgan fingerprint density at radius 2 is 1.92 bits per heavy atom. The standard InChI is InChI=1S/C5H5F3O3S/c6-5(7,8)12(9,10)11-4-2-1-3-4/h2H,1,3H2. The molecule has 0 aliphatic heterocycles. The second-order valence-electron chi connectivity index (χ2n) is 2.19. The minimum Gasteiger partial charge on any atom is -0.381 e. The molecule has 0 N–H and O–H groups in total. The first-order valence-electron chi connectivity index (χ1n) is 3.03. The number of allylic oxidation sites excluding steroid dienone is 2. The molecule has 0 bridgehead atoms. The normalized spacial score (nSPS) is 18.1. The smallest absolute Gasteiger partial charge is 0.381 e. The number of rotatable bonds is 2. The van der Waals surface area contributed by atoms with E-state index in [-0.39, 0.29) is 12.2 Å². The van der Waals surface area contributed by atoms with Crippen LogP contribution in [-0.2, 0) is 14.3 Å². The molecule has 1 aliphatic carbocycles. The van der Waals surface area contributed by atoms with E-state index < -0.39 is 15.6 Å². The second kappa shape index (κ2) is 2.65. The van der Waals surface area contributed by atoms with Crippen molar-refractivity contribution in [1.82, 2.24) is 0 Å². The molecule has 0 heterocycles. The highest BCUT2D eigenvalue weighted by Crippen LogP contribution is 2.30. The van der Waals surface area contributed by atoms with Crippen molar-refractivity contribution in [3.05, 3.63) is 11.8 Å². The van der Waals surface area contributed by atoms with Gasteiger partial charge in [0.25, 0.3) is 0 Å². The zero-order chi connectivity index (χ0) is 9.41. The van der Waals surface area contributed by atoms with Crippen LogP contribution in [0.4, 0.5) is 13.2 Å². The SMILES string of the molecule is O=S(=O)(OC1=CCC1)C(F)(F)F. The zero-order valence-electron chi connectivity index (χ0n) is 5.76. The first-order valence-corrected chi connectivity index (χ1v) is 4.43. The lowest BCUT2D eigenvalue weighted by Crippen LogP contribution is -2.26. The summed E-state index contributed by atoms with van der Waals surface area (Å²) in [6, 6.07) is 0. The quantitative estimate of drug-likeness (QED) is 0.503. The third-order valence-corrected chi connectivity index (χ3v) is 2.26. The zero-order valence-corrected chi connectivity index (χ0v) is 6.57. The van der Waals surface area contributed by atoms with Crippen LogP contribution in [0.1, 0.15) is 12.8 Å². The minimum atomic E-state index is -5.43. The van der Waals surface area contributed by atoms with Crippen molar-refractivity contribution in [2.75, 3.05) is 0 Å². The van der Waals surface area contributed by atoms with Gasteiger partial charge in [-0.05, 0) is 12.5 Å². The highest BCUT2D eigenvalue weighted by atomic mass is 32.2. The number of alkyl halides is 3. The van der Waals surface area contributed by atoms with E-state index >= 15 is 0 Å². The van der Waals surface area contributed by atoms with Gasteiger partial charge in [-0.25, -0.2) is 0 Å². The fourth-order valence-electron chi connectivity index (χ4n) is 0.526. The first-order chi connectivity index (χ1) is 5.33. The van der Waals surface area contributed by atoms with Gasteiger partial charge in [0.15, 0.2) is 0 Å². The Hall–Kier alpha value is -0.720. The molecule has 0 saturated carbocycles. The average molecular weight is 202 g/mol. The Bertz CT molecular complexity index is 300. The molecule has 1 aliphatic rings. The second-order valence-corrected chi connectivity index (χ2v) is 3.73. The summed E-state index contributed by atoms with van der Waals surface area (Å²) in [5.41, 5.74) is -5.33. The molecule has 0 saturated heterocycles. The average Bonchev–Trinajstić information content (AvgIpc) is 1.76. The van der Waals surface area contributed by atoms with E-state index in [0.717, 1.165) is 0 Å². The molecule has 7 heteroatoms. The monoisotopic (exact) mass is 202 g/mol. The highest BCUT2D eigenvalue weighted by Gasteiger charge is 2.49. The topological polar surface area (TPSA) is 43.4 Å². The molecule has 70 valence electrons. The van der Waals surface area contributed by atoms with E-state index in [0.29, 0.717) is 6.42 Å². The molecule has 0 atom stereocenters. The predicted molar refractivity (Wildman–Crippen MR) is 33.4 cm³/mol. The first kappa shape index (κ1) is 9.37. The Morgan fingerprint density at radius 1 is 1.42 bits per heavy atom. The summed E-state index contributed by atoms with van der Waals surface area (Å²) in [4.78, 5) is 0. The Labute approximate surface area is 66.9 Å². The summed E-state index contributed by atoms with van der Waals surface area (Å²) in [6.07, 6.45) is 2.10. The largest absolute Gasteiger partial charge is 0.534 e. The van der Waals surface area contributed by atoms with Gasteiger partial charge in [0.1, 0.15) is 5.76 Å². The van der Waals surface area contributed by atoms with Crippen LogP contribution in [0.3, 0.4) is 0 Å². The fourth-order valence-corrected chi connectivity index (χ4v) is 1.05. The molecule has 0 fully saturated rings. The van der Waals surface area contributed by atoms with Crippen LogP contribution in [0.15, 0.2) is 11.8 Å². The lowest BCUT2D eigenvalue weighted by molar-refractivity contribution is -0.0525. The van der Waals surface area contributed by atoms with Crippen LogP contribution in [-0.4, -0.2) is 13.9 Å². The molecule has 1 rings (SSSR count). The number of hydrogen-bond acceptors (Lipinski definition) is 3. The van der Waals surface area contributed by atoms with Gasteiger partial charge in [-0.15, -0.1) is 0 Å². The van der Waals surface area contributed by atoms with Crippen molar-refractivity contribution < 1.29 is 25.8 Å². The van der Waals surface area contributed by atoms with E-state index in [9.17, 15) is 21.6 Å². The van der Waals surface area contributed by atoms with E-state index in [4.69, 9.17) is 0 Å². The van der Waals surface area contributed by atoms with Gasteiger partial charge in [0, 0.05) is 6.42 Å². The van der Waals surface area contributed by atoms with Crippen LogP contribution < -0.4 is 0 Å². The van der Waals surface area contributed by atoms with Crippen LogP contribution in [0.2, 0.25) is 0 Å².